The number of nitrogens with one attached hydrogen (secondary N) is 4. The molecule has 4 N–H and O–H groups in total. The normalized spacial score (nSPS) is 25.7. The molecule has 1 saturated carbocycles. The minimum atomic E-state index is -0.640. The number of carbonyl (C=O) groups excluding carboxylic acids is 3. The number of likely N-dealkylation sites (tertiary alicyclic amines) is 1. The van der Waals surface area contributed by atoms with E-state index in [0.29, 0.717) is 49.0 Å². The van der Waals surface area contributed by atoms with Crippen LogP contribution >= 0.6 is 0 Å². The molecule has 3 atom stereocenters. The second-order valence-electron chi connectivity index (χ2n) is 18.8. The highest BCUT2D eigenvalue weighted by atomic mass is 16.5. The smallest absolute Gasteiger partial charge is 0.255 e. The van der Waals surface area contributed by atoms with Crippen LogP contribution in [0.25, 0.3) is 0 Å². The van der Waals surface area contributed by atoms with E-state index in [9.17, 15) is 14.4 Å². The third kappa shape index (κ3) is 10.1. The Bertz CT molecular complexity index is 2120. The Balaban J connectivity index is 0.00000120. The first-order valence-corrected chi connectivity index (χ1v) is 24.6. The number of fused-ring (bicyclic) bond motifs is 2. The number of anilines is 2. The number of nitrogens with zero attached hydrogens (tertiary/aromatic N) is 7. The fourth-order valence-electron chi connectivity index (χ4n) is 10.7. The van der Waals surface area contributed by atoms with Crippen LogP contribution in [0, 0.1) is 11.8 Å². The average molecular weight is 900 g/mol. The first-order chi connectivity index (χ1) is 31.6. The minimum absolute atomic E-state index is 0. The highest BCUT2D eigenvalue weighted by Crippen LogP contribution is 2.43. The van der Waals surface area contributed by atoms with Gasteiger partial charge in [0, 0.05) is 109 Å². The molecule has 8 heterocycles. The molecule has 8 aliphatic rings. The molecule has 1 aromatic heterocycles. The number of amides is 3. The number of imide groups is 1. The van der Waals surface area contributed by atoms with Gasteiger partial charge in [0.1, 0.15) is 29.9 Å². The van der Waals surface area contributed by atoms with Gasteiger partial charge in [-0.15, -0.1) is 0 Å². The van der Waals surface area contributed by atoms with Crippen molar-refractivity contribution < 1.29 is 26.7 Å². The van der Waals surface area contributed by atoms with E-state index in [4.69, 9.17) is 14.5 Å². The molecule has 7 aliphatic heterocycles. The van der Waals surface area contributed by atoms with Crippen molar-refractivity contribution in [3.63, 3.8) is 0 Å². The van der Waals surface area contributed by atoms with E-state index in [-0.39, 0.29) is 32.7 Å². The van der Waals surface area contributed by atoms with Crippen LogP contribution in [0.15, 0.2) is 41.2 Å². The summed E-state index contributed by atoms with van der Waals surface area (Å²) in [5, 5.41) is 5.91. The number of piperazine rings is 1. The fourth-order valence-corrected chi connectivity index (χ4v) is 10.7. The van der Waals surface area contributed by atoms with Crippen molar-refractivity contribution in [1.29, 1.82) is 0 Å². The van der Waals surface area contributed by atoms with E-state index in [1.165, 1.54) is 19.4 Å². The van der Waals surface area contributed by atoms with Crippen LogP contribution in [-0.2, 0) is 16.1 Å². The maximum Gasteiger partial charge on any atom is 0.255 e. The molecular weight excluding hydrogens is 823 g/mol. The van der Waals surface area contributed by atoms with Crippen molar-refractivity contribution in [2.45, 2.75) is 123 Å². The Morgan fingerprint density at radius 1 is 0.908 bits per heavy atom. The third-order valence-corrected chi connectivity index (χ3v) is 14.6. The summed E-state index contributed by atoms with van der Waals surface area (Å²) in [6.07, 6.45) is 11.4. The number of hydrogen-bond acceptors (Lipinski definition) is 14. The number of pyridine rings is 1. The summed E-state index contributed by atoms with van der Waals surface area (Å²) in [4.78, 5) is 59.1. The molecule has 65 heavy (non-hydrogen) atoms. The third-order valence-electron chi connectivity index (χ3n) is 14.6. The Labute approximate surface area is 388 Å². The van der Waals surface area contributed by atoms with E-state index in [0.717, 1.165) is 118 Å². The summed E-state index contributed by atoms with van der Waals surface area (Å²) in [7, 11) is 1.66. The summed E-state index contributed by atoms with van der Waals surface area (Å²) >= 11 is 0. The van der Waals surface area contributed by atoms with E-state index >= 15 is 0 Å². The number of ether oxygens (including phenoxy) is 2. The van der Waals surface area contributed by atoms with Crippen molar-refractivity contribution in [3.8, 4) is 11.6 Å². The SMILES string of the molecule is CC.CC.COc1c(N2CCC(CN3CCN(CC4CCN(C5=NCNC(C6NNc7cnc(OC8(C)CC8)cc76)=C5)CC4)[C@H](C)C3)CC2)ccc2c1CN(C1CCC(=O)NC1=O)C2=O.[HH].[HH]. The van der Waals surface area contributed by atoms with Crippen LogP contribution in [0.5, 0.6) is 11.6 Å². The van der Waals surface area contributed by atoms with Crippen LogP contribution in [0.2, 0.25) is 0 Å². The summed E-state index contributed by atoms with van der Waals surface area (Å²) in [5.74, 6) is 2.98. The van der Waals surface area contributed by atoms with Gasteiger partial charge < -0.3 is 39.8 Å². The van der Waals surface area contributed by atoms with Gasteiger partial charge in [-0.3, -0.25) is 24.6 Å². The molecule has 16 nitrogen and oxygen atoms in total. The van der Waals surface area contributed by atoms with Crippen LogP contribution in [0.3, 0.4) is 0 Å². The number of amidine groups is 1. The zero-order chi connectivity index (χ0) is 45.8. The van der Waals surface area contributed by atoms with Gasteiger partial charge in [-0.2, -0.15) is 0 Å². The van der Waals surface area contributed by atoms with Crippen LogP contribution < -0.4 is 35.9 Å². The molecule has 0 radical (unpaired) electrons. The number of carbonyl (C=O) groups is 3. The summed E-state index contributed by atoms with van der Waals surface area (Å²) in [6, 6.07) is 5.85. The molecule has 1 aromatic carbocycles. The van der Waals surface area contributed by atoms with Crippen LogP contribution in [0.1, 0.15) is 123 Å². The van der Waals surface area contributed by atoms with Crippen molar-refractivity contribution >= 4 is 34.9 Å². The van der Waals surface area contributed by atoms with E-state index < -0.39 is 11.9 Å². The largest absolute Gasteiger partial charge is 0.494 e. The number of methoxy groups -OCH3 is 1. The second kappa shape index (κ2) is 20.3. The van der Waals surface area contributed by atoms with Gasteiger partial charge in [-0.1, -0.05) is 27.7 Å². The maximum atomic E-state index is 13.4. The van der Waals surface area contributed by atoms with Crippen molar-refractivity contribution in [2.24, 2.45) is 16.8 Å². The molecule has 2 unspecified atom stereocenters. The maximum absolute atomic E-state index is 13.4. The van der Waals surface area contributed by atoms with Gasteiger partial charge in [0.05, 0.1) is 37.3 Å². The van der Waals surface area contributed by atoms with E-state index in [1.54, 1.807) is 12.0 Å². The first kappa shape index (κ1) is 46.6. The van der Waals surface area contributed by atoms with Gasteiger partial charge in [0.15, 0.2) is 0 Å². The standard InChI is InChI=1S/C45H61N11O5.2C2H6.2H2/c1-28-23-52(24-29-8-14-53(15-9-29)36-5-4-31-33(42(36)60-3)26-56(44(31)59)37-6-7-39(57)49-43(37)58)18-19-55(28)25-30-10-16-54(17-11-30)38-21-34(47-27-48-38)41-32-20-40(61-45(2)12-13-45)46-22-35(32)50-51-41;2*1-2;;/h4-5,20-22,28-30,37,41,47,50-51H,6-19,23-27H2,1-3H3,(H,49,57,58);2*1-2H3;2*1H/t28-,37?,41?;;;;/m1..../s1. The predicted molar refractivity (Wildman–Crippen MR) is 258 cm³/mol. The number of aliphatic imine (C=N–C) groups is 1. The van der Waals surface area contributed by atoms with E-state index in [2.05, 4.69) is 72.1 Å². The Kier molecular flexibility index (Phi) is 14.5. The number of hydrogen-bond donors (Lipinski definition) is 4. The lowest BCUT2D eigenvalue weighted by Gasteiger charge is -2.44. The van der Waals surface area contributed by atoms with Gasteiger partial charge in [-0.05, 0) is 82.8 Å². The zero-order valence-electron chi connectivity index (χ0n) is 39.9. The van der Waals surface area contributed by atoms with Crippen molar-refractivity contribution in [1.82, 2.24) is 40.6 Å². The molecule has 0 spiro atoms. The molecule has 0 bridgehead atoms. The second-order valence-corrected chi connectivity index (χ2v) is 18.8. The summed E-state index contributed by atoms with van der Waals surface area (Å²) < 4.78 is 12.1. The highest BCUT2D eigenvalue weighted by Gasteiger charge is 2.43. The Morgan fingerprint density at radius 3 is 2.32 bits per heavy atom. The molecule has 5 fully saturated rings. The first-order valence-electron chi connectivity index (χ1n) is 24.6. The lowest BCUT2D eigenvalue weighted by atomic mass is 9.93. The molecule has 4 saturated heterocycles. The van der Waals surface area contributed by atoms with Gasteiger partial charge >= 0.3 is 0 Å². The zero-order valence-corrected chi connectivity index (χ0v) is 39.9. The van der Waals surface area contributed by atoms with Gasteiger partial charge in [0.2, 0.25) is 17.7 Å². The minimum Gasteiger partial charge on any atom is -0.494 e. The number of piperidine rings is 3. The molecule has 2 aromatic rings. The molecule has 1 aliphatic carbocycles. The molecular formula is C49H77N11O5. The molecule has 3 amide bonds. The fraction of sp³-hybridized carbons (Fsp3) is 0.653. The number of benzene rings is 1. The molecule has 16 heteroatoms. The van der Waals surface area contributed by atoms with Gasteiger partial charge in [0.25, 0.3) is 5.91 Å². The topological polar surface area (TPSA) is 159 Å². The Hall–Kier alpha value is -4.93. The van der Waals surface area contributed by atoms with Crippen molar-refractivity contribution in [2.75, 3.05) is 83.0 Å². The summed E-state index contributed by atoms with van der Waals surface area (Å²) in [6.45, 7) is 23.0. The number of aromatic nitrogens is 1. The van der Waals surface area contributed by atoms with Gasteiger partial charge in [-0.25, -0.2) is 15.4 Å². The predicted octanol–water partition coefficient (Wildman–Crippen LogP) is 5.78. The summed E-state index contributed by atoms with van der Waals surface area (Å²) in [5.41, 5.74) is 12.4. The molecule has 358 valence electrons. The number of rotatable bonds is 10. The highest BCUT2D eigenvalue weighted by molar-refractivity contribution is 6.06. The van der Waals surface area contributed by atoms with Crippen LogP contribution in [-0.4, -0.2) is 139 Å². The van der Waals surface area contributed by atoms with Crippen molar-refractivity contribution in [3.05, 3.63) is 52.9 Å². The van der Waals surface area contributed by atoms with Crippen LogP contribution in [0.4, 0.5) is 11.4 Å². The lowest BCUT2D eigenvalue weighted by Crippen LogP contribution is -2.55. The Morgan fingerprint density at radius 2 is 1.63 bits per heavy atom. The monoisotopic (exact) mass is 900 g/mol. The van der Waals surface area contributed by atoms with E-state index in [1.807, 2.05) is 46.0 Å². The average Bonchev–Trinajstić information content (AvgIpc) is 3.75. The number of hydrazine groups is 1. The lowest BCUT2D eigenvalue weighted by molar-refractivity contribution is -0.136. The molecule has 10 rings (SSSR count). The quantitative estimate of drug-likeness (QED) is 0.213.